The van der Waals surface area contributed by atoms with Gasteiger partial charge in [0.1, 0.15) is 0 Å². The molecule has 1 heterocycles. The molecular weight excluding hydrogens is 350 g/mol. The van der Waals surface area contributed by atoms with Crippen LogP contribution in [-0.4, -0.2) is 56.0 Å². The molecule has 0 spiro atoms. The number of ether oxygens (including phenoxy) is 2. The van der Waals surface area contributed by atoms with Crippen molar-refractivity contribution in [2.24, 2.45) is 5.73 Å². The lowest BCUT2D eigenvalue weighted by Gasteiger charge is -2.20. The van der Waals surface area contributed by atoms with E-state index in [0.717, 1.165) is 25.8 Å². The van der Waals surface area contributed by atoms with Crippen LogP contribution in [0.4, 0.5) is 0 Å². The van der Waals surface area contributed by atoms with Gasteiger partial charge < -0.3 is 25.4 Å². The Balaban J connectivity index is 1.82. The smallest absolute Gasteiger partial charge is 0.255 e. The number of rotatable bonds is 9. The number of hydrogen-bond acceptors (Lipinski definition) is 5. The average Bonchev–Trinajstić information content (AvgIpc) is 2.87. The summed E-state index contributed by atoms with van der Waals surface area (Å²) < 4.78 is 10.4. The maximum Gasteiger partial charge on any atom is 0.255 e. The Morgan fingerprint density at radius 2 is 2.04 bits per heavy atom. The number of carbonyl (C=O) groups is 3. The van der Waals surface area contributed by atoms with E-state index in [9.17, 15) is 14.4 Å². The van der Waals surface area contributed by atoms with Gasteiger partial charge in [0.2, 0.25) is 5.91 Å². The molecule has 1 aromatic rings. The highest BCUT2D eigenvalue weighted by Crippen LogP contribution is 2.28. The first-order valence-electron chi connectivity index (χ1n) is 9.16. The average molecular weight is 377 g/mol. The largest absolute Gasteiger partial charge is 0.493 e. The molecule has 0 radical (unpaired) electrons. The third-order valence-corrected chi connectivity index (χ3v) is 4.36. The summed E-state index contributed by atoms with van der Waals surface area (Å²) in [4.78, 5) is 36.9. The minimum absolute atomic E-state index is 0.204. The van der Waals surface area contributed by atoms with Crippen molar-refractivity contribution >= 4 is 17.7 Å². The third-order valence-electron chi connectivity index (χ3n) is 4.36. The topological polar surface area (TPSA) is 111 Å². The number of primary amides is 1. The quantitative estimate of drug-likeness (QED) is 0.626. The van der Waals surface area contributed by atoms with Gasteiger partial charge in [0.05, 0.1) is 7.11 Å². The Bertz CT molecular complexity index is 677. The molecule has 0 aliphatic carbocycles. The molecule has 148 valence electrons. The van der Waals surface area contributed by atoms with Crippen LogP contribution in [0.15, 0.2) is 18.2 Å². The first-order valence-corrected chi connectivity index (χ1v) is 9.16. The minimum atomic E-state index is -0.596. The Hall–Kier alpha value is -2.77. The van der Waals surface area contributed by atoms with Crippen LogP contribution in [0.2, 0.25) is 0 Å². The number of amides is 3. The minimum Gasteiger partial charge on any atom is -0.493 e. The number of methoxy groups -OCH3 is 1. The van der Waals surface area contributed by atoms with Crippen molar-refractivity contribution in [3.8, 4) is 11.5 Å². The van der Waals surface area contributed by atoms with Gasteiger partial charge in [-0.3, -0.25) is 14.4 Å². The molecular formula is C19H27N3O5. The highest BCUT2D eigenvalue weighted by atomic mass is 16.5. The second kappa shape index (κ2) is 10.4. The summed E-state index contributed by atoms with van der Waals surface area (Å²) in [5.41, 5.74) is 5.48. The van der Waals surface area contributed by atoms with Gasteiger partial charge in [-0.1, -0.05) is 6.42 Å². The van der Waals surface area contributed by atoms with Crippen LogP contribution >= 0.6 is 0 Å². The monoisotopic (exact) mass is 377 g/mol. The van der Waals surface area contributed by atoms with E-state index >= 15 is 0 Å². The summed E-state index contributed by atoms with van der Waals surface area (Å²) in [6.45, 7) is 1.67. The molecule has 1 aliphatic rings. The standard InChI is InChI=1S/C19H27N3O5/c1-26-16-12-14(7-8-15(16)27-13-17(20)23)19(25)21-9-5-11-22-10-4-2-3-6-18(22)24/h7-8,12H,2-6,9-11,13H2,1H3,(H2,20,23)(H,21,25). The van der Waals surface area contributed by atoms with E-state index in [4.69, 9.17) is 15.2 Å². The van der Waals surface area contributed by atoms with E-state index in [1.807, 2.05) is 4.90 Å². The van der Waals surface area contributed by atoms with Crippen molar-refractivity contribution in [2.75, 3.05) is 33.4 Å². The Labute approximate surface area is 159 Å². The second-order valence-corrected chi connectivity index (χ2v) is 6.42. The predicted molar refractivity (Wildman–Crippen MR) is 99.7 cm³/mol. The molecule has 0 saturated carbocycles. The molecule has 2 rings (SSSR count). The summed E-state index contributed by atoms with van der Waals surface area (Å²) in [6, 6.07) is 4.70. The fourth-order valence-corrected chi connectivity index (χ4v) is 2.93. The zero-order valence-corrected chi connectivity index (χ0v) is 15.7. The van der Waals surface area contributed by atoms with Crippen LogP contribution < -0.4 is 20.5 Å². The van der Waals surface area contributed by atoms with Gasteiger partial charge in [0, 0.05) is 31.6 Å². The van der Waals surface area contributed by atoms with Gasteiger partial charge in [0.25, 0.3) is 11.8 Å². The van der Waals surface area contributed by atoms with Crippen molar-refractivity contribution in [1.82, 2.24) is 10.2 Å². The number of nitrogens with zero attached hydrogens (tertiary/aromatic N) is 1. The molecule has 0 unspecified atom stereocenters. The molecule has 0 aromatic heterocycles. The third kappa shape index (κ3) is 6.47. The van der Waals surface area contributed by atoms with E-state index in [2.05, 4.69) is 5.32 Å². The van der Waals surface area contributed by atoms with E-state index in [1.165, 1.54) is 7.11 Å². The van der Waals surface area contributed by atoms with Gasteiger partial charge in [0.15, 0.2) is 18.1 Å². The summed E-state index contributed by atoms with van der Waals surface area (Å²) in [5, 5.41) is 2.84. The molecule has 1 saturated heterocycles. The van der Waals surface area contributed by atoms with Crippen LogP contribution in [0.1, 0.15) is 42.5 Å². The van der Waals surface area contributed by atoms with E-state index in [1.54, 1.807) is 18.2 Å². The van der Waals surface area contributed by atoms with E-state index in [0.29, 0.717) is 43.0 Å². The zero-order chi connectivity index (χ0) is 19.6. The van der Waals surface area contributed by atoms with Crippen molar-refractivity contribution < 1.29 is 23.9 Å². The maximum absolute atomic E-state index is 12.3. The summed E-state index contributed by atoms with van der Waals surface area (Å²) in [5.74, 6) is 0.0559. The predicted octanol–water partition coefficient (Wildman–Crippen LogP) is 1.08. The van der Waals surface area contributed by atoms with Crippen molar-refractivity contribution in [1.29, 1.82) is 0 Å². The second-order valence-electron chi connectivity index (χ2n) is 6.42. The first-order chi connectivity index (χ1) is 13.0. The Morgan fingerprint density at radius 1 is 1.22 bits per heavy atom. The molecule has 0 bridgehead atoms. The summed E-state index contributed by atoms with van der Waals surface area (Å²) in [7, 11) is 1.45. The molecule has 27 heavy (non-hydrogen) atoms. The number of benzene rings is 1. The first kappa shape index (κ1) is 20.5. The number of likely N-dealkylation sites (tertiary alicyclic amines) is 1. The van der Waals surface area contributed by atoms with Gasteiger partial charge in [-0.15, -0.1) is 0 Å². The molecule has 3 N–H and O–H groups in total. The number of carbonyl (C=O) groups excluding carboxylic acids is 3. The molecule has 1 aliphatic heterocycles. The Kier molecular flexibility index (Phi) is 7.91. The Morgan fingerprint density at radius 3 is 2.78 bits per heavy atom. The fourth-order valence-electron chi connectivity index (χ4n) is 2.93. The molecule has 3 amide bonds. The number of nitrogens with one attached hydrogen (secondary N) is 1. The maximum atomic E-state index is 12.3. The lowest BCUT2D eigenvalue weighted by Crippen LogP contribution is -2.34. The van der Waals surface area contributed by atoms with Crippen molar-refractivity contribution in [3.63, 3.8) is 0 Å². The SMILES string of the molecule is COc1cc(C(=O)NCCCN2CCCCCC2=O)ccc1OCC(N)=O. The van der Waals surface area contributed by atoms with Crippen molar-refractivity contribution in [2.45, 2.75) is 32.1 Å². The molecule has 8 nitrogen and oxygen atoms in total. The lowest BCUT2D eigenvalue weighted by molar-refractivity contribution is -0.130. The highest BCUT2D eigenvalue weighted by Gasteiger charge is 2.16. The molecule has 8 heteroatoms. The van der Waals surface area contributed by atoms with Gasteiger partial charge in [-0.05, 0) is 37.5 Å². The normalized spacial score (nSPS) is 14.4. The molecule has 1 aromatic carbocycles. The van der Waals surface area contributed by atoms with Crippen molar-refractivity contribution in [3.05, 3.63) is 23.8 Å². The van der Waals surface area contributed by atoms with Crippen LogP contribution in [0.3, 0.4) is 0 Å². The van der Waals surface area contributed by atoms with Gasteiger partial charge >= 0.3 is 0 Å². The molecule has 1 fully saturated rings. The lowest BCUT2D eigenvalue weighted by atomic mass is 10.2. The van der Waals surface area contributed by atoms with E-state index in [-0.39, 0.29) is 18.4 Å². The number of nitrogens with two attached hydrogens (primary N) is 1. The zero-order valence-electron chi connectivity index (χ0n) is 15.7. The number of hydrogen-bond donors (Lipinski definition) is 2. The summed E-state index contributed by atoms with van der Waals surface area (Å²) >= 11 is 0. The molecule has 0 atom stereocenters. The fraction of sp³-hybridized carbons (Fsp3) is 0.526. The van der Waals surface area contributed by atoms with Gasteiger partial charge in [-0.2, -0.15) is 0 Å². The summed E-state index contributed by atoms with van der Waals surface area (Å²) in [6.07, 6.45) is 4.43. The van der Waals surface area contributed by atoms with Crippen LogP contribution in [0.25, 0.3) is 0 Å². The van der Waals surface area contributed by atoms with Gasteiger partial charge in [-0.25, -0.2) is 0 Å². The highest BCUT2D eigenvalue weighted by molar-refractivity contribution is 5.94. The van der Waals surface area contributed by atoms with Crippen LogP contribution in [0.5, 0.6) is 11.5 Å². The van der Waals surface area contributed by atoms with Crippen LogP contribution in [-0.2, 0) is 9.59 Å². The van der Waals surface area contributed by atoms with E-state index < -0.39 is 5.91 Å². The van der Waals surface area contributed by atoms with Crippen LogP contribution in [0, 0.1) is 0 Å².